The van der Waals surface area contributed by atoms with Crippen molar-refractivity contribution >= 4 is 0 Å². The van der Waals surface area contributed by atoms with Gasteiger partial charge in [0.1, 0.15) is 0 Å². The van der Waals surface area contributed by atoms with E-state index in [1.165, 1.54) is 45.2 Å². The van der Waals surface area contributed by atoms with Crippen LogP contribution in [0.25, 0.3) is 0 Å². The zero-order chi connectivity index (χ0) is 7.26. The van der Waals surface area contributed by atoms with E-state index >= 15 is 0 Å². The minimum atomic E-state index is 0.961. The van der Waals surface area contributed by atoms with Gasteiger partial charge in [-0.2, -0.15) is 0 Å². The first-order valence-corrected chi connectivity index (χ1v) is 4.98. The van der Waals surface area contributed by atoms with Gasteiger partial charge in [-0.3, -0.25) is 0 Å². The molecule has 0 spiro atoms. The third-order valence-corrected chi connectivity index (χ3v) is 3.00. The Balaban J connectivity index is 1.66. The summed E-state index contributed by atoms with van der Waals surface area (Å²) >= 11 is 0. The van der Waals surface area contributed by atoms with Crippen molar-refractivity contribution in [2.24, 2.45) is 0 Å². The molecule has 0 bridgehead atoms. The van der Waals surface area contributed by atoms with Crippen LogP contribution in [0.5, 0.6) is 0 Å². The second kappa shape index (κ2) is 2.20. The molecule has 1 aliphatic heterocycles. The molecule has 1 heterocycles. The molecule has 0 aromatic rings. The van der Waals surface area contributed by atoms with E-state index < -0.39 is 0 Å². The highest BCUT2D eigenvalue weighted by molar-refractivity contribution is 4.94. The monoisotopic (exact) mass is 152 g/mol. The molecular weight excluding hydrogens is 136 g/mol. The fourth-order valence-electron chi connectivity index (χ4n) is 1.97. The summed E-state index contributed by atoms with van der Waals surface area (Å²) in [7, 11) is 0. The first-order valence-electron chi connectivity index (χ1n) is 4.98. The molecule has 0 amide bonds. The Morgan fingerprint density at radius 3 is 1.73 bits per heavy atom. The Bertz CT molecular complexity index is 145. The van der Waals surface area contributed by atoms with Crippen molar-refractivity contribution in [2.75, 3.05) is 13.1 Å². The molecule has 3 fully saturated rings. The summed E-state index contributed by atoms with van der Waals surface area (Å²) in [4.78, 5) is 0. The van der Waals surface area contributed by atoms with E-state index in [1.54, 1.807) is 0 Å². The maximum absolute atomic E-state index is 2.70. The molecule has 2 heteroatoms. The van der Waals surface area contributed by atoms with Crippen LogP contribution in [0.4, 0.5) is 0 Å². The number of hydrogen-bond acceptors (Lipinski definition) is 2. The molecule has 0 N–H and O–H groups in total. The molecule has 0 atom stereocenters. The van der Waals surface area contributed by atoms with E-state index in [0.29, 0.717) is 0 Å². The van der Waals surface area contributed by atoms with Crippen molar-refractivity contribution in [3.05, 3.63) is 0 Å². The zero-order valence-electron chi connectivity index (χ0n) is 7.00. The summed E-state index contributed by atoms with van der Waals surface area (Å²) in [5.74, 6) is 0. The van der Waals surface area contributed by atoms with E-state index in [9.17, 15) is 0 Å². The van der Waals surface area contributed by atoms with Gasteiger partial charge in [0, 0.05) is 25.2 Å². The predicted octanol–water partition coefficient (Wildman–Crippen LogP) is 1.23. The standard InChI is InChI=1S/C9H16N2/c1-6-10(7-1)11(8-2-3-8)9-4-5-9/h8-9H,1-7H2. The van der Waals surface area contributed by atoms with Crippen molar-refractivity contribution < 1.29 is 0 Å². The molecule has 3 aliphatic rings. The SMILES string of the molecule is C1CN(N(C2CC2)C2CC2)C1. The number of hydrogen-bond donors (Lipinski definition) is 0. The summed E-state index contributed by atoms with van der Waals surface area (Å²) in [6, 6.07) is 1.92. The smallest absolute Gasteiger partial charge is 0.0250 e. The molecule has 1 saturated heterocycles. The lowest BCUT2D eigenvalue weighted by Gasteiger charge is -2.41. The lowest BCUT2D eigenvalue weighted by atomic mass is 10.3. The third kappa shape index (κ3) is 1.09. The van der Waals surface area contributed by atoms with Crippen molar-refractivity contribution in [3.8, 4) is 0 Å². The lowest BCUT2D eigenvalue weighted by Crippen LogP contribution is -2.52. The molecule has 2 nitrogen and oxygen atoms in total. The Labute approximate surface area is 68.1 Å². The van der Waals surface area contributed by atoms with Crippen molar-refractivity contribution in [2.45, 2.75) is 44.2 Å². The maximum Gasteiger partial charge on any atom is 0.0250 e. The Hall–Kier alpha value is -0.0800. The van der Waals surface area contributed by atoms with Gasteiger partial charge in [-0.15, -0.1) is 0 Å². The van der Waals surface area contributed by atoms with Crippen LogP contribution in [0.1, 0.15) is 32.1 Å². The average Bonchev–Trinajstić information content (AvgIpc) is 2.74. The second-order valence-electron chi connectivity index (χ2n) is 4.15. The Kier molecular flexibility index (Phi) is 1.29. The molecule has 0 radical (unpaired) electrons. The van der Waals surface area contributed by atoms with Gasteiger partial charge < -0.3 is 0 Å². The summed E-state index contributed by atoms with van der Waals surface area (Å²) in [5.41, 5.74) is 0. The number of hydrazine groups is 1. The third-order valence-electron chi connectivity index (χ3n) is 3.00. The first-order chi connectivity index (χ1) is 5.45. The van der Waals surface area contributed by atoms with Gasteiger partial charge in [0.05, 0.1) is 0 Å². The molecule has 2 aliphatic carbocycles. The van der Waals surface area contributed by atoms with E-state index in [0.717, 1.165) is 12.1 Å². The Morgan fingerprint density at radius 2 is 1.45 bits per heavy atom. The van der Waals surface area contributed by atoms with Crippen LogP contribution in [-0.2, 0) is 0 Å². The van der Waals surface area contributed by atoms with E-state index in [1.807, 2.05) is 0 Å². The summed E-state index contributed by atoms with van der Waals surface area (Å²) in [6.07, 6.45) is 7.29. The van der Waals surface area contributed by atoms with Crippen molar-refractivity contribution in [3.63, 3.8) is 0 Å². The highest BCUT2D eigenvalue weighted by atomic mass is 15.7. The van der Waals surface area contributed by atoms with Crippen LogP contribution in [0.3, 0.4) is 0 Å². The topological polar surface area (TPSA) is 6.48 Å². The Morgan fingerprint density at radius 1 is 0.909 bits per heavy atom. The van der Waals surface area contributed by atoms with Crippen molar-refractivity contribution in [1.29, 1.82) is 0 Å². The van der Waals surface area contributed by atoms with Crippen LogP contribution >= 0.6 is 0 Å². The van der Waals surface area contributed by atoms with Gasteiger partial charge in [0.2, 0.25) is 0 Å². The molecule has 0 aromatic heterocycles. The van der Waals surface area contributed by atoms with Crippen LogP contribution in [0.2, 0.25) is 0 Å². The zero-order valence-corrected chi connectivity index (χ0v) is 7.00. The lowest BCUT2D eigenvalue weighted by molar-refractivity contribution is -0.0863. The van der Waals surface area contributed by atoms with E-state index in [4.69, 9.17) is 0 Å². The number of nitrogens with zero attached hydrogens (tertiary/aromatic N) is 2. The van der Waals surface area contributed by atoms with Gasteiger partial charge in [-0.1, -0.05) is 0 Å². The van der Waals surface area contributed by atoms with Gasteiger partial charge in [-0.25, -0.2) is 10.0 Å². The minimum Gasteiger partial charge on any atom is -0.241 e. The largest absolute Gasteiger partial charge is 0.241 e. The fourth-order valence-corrected chi connectivity index (χ4v) is 1.97. The normalized spacial score (nSPS) is 32.5. The summed E-state index contributed by atoms with van der Waals surface area (Å²) in [5, 5.41) is 5.28. The predicted molar refractivity (Wildman–Crippen MR) is 44.1 cm³/mol. The highest BCUT2D eigenvalue weighted by Gasteiger charge is 2.43. The molecular formula is C9H16N2. The molecule has 11 heavy (non-hydrogen) atoms. The summed E-state index contributed by atoms with van der Waals surface area (Å²) < 4.78 is 0. The van der Waals surface area contributed by atoms with Crippen LogP contribution in [-0.4, -0.2) is 35.2 Å². The quantitative estimate of drug-likeness (QED) is 0.600. The van der Waals surface area contributed by atoms with Crippen LogP contribution in [0.15, 0.2) is 0 Å². The van der Waals surface area contributed by atoms with Gasteiger partial charge >= 0.3 is 0 Å². The molecule has 0 aromatic carbocycles. The van der Waals surface area contributed by atoms with Gasteiger partial charge in [0.15, 0.2) is 0 Å². The first kappa shape index (κ1) is 6.44. The van der Waals surface area contributed by atoms with E-state index in [2.05, 4.69) is 10.0 Å². The van der Waals surface area contributed by atoms with Gasteiger partial charge in [-0.05, 0) is 32.1 Å². The maximum atomic E-state index is 2.70. The molecule has 3 rings (SSSR count). The van der Waals surface area contributed by atoms with Crippen molar-refractivity contribution in [1.82, 2.24) is 10.0 Å². The van der Waals surface area contributed by atoms with Gasteiger partial charge in [0.25, 0.3) is 0 Å². The second-order valence-corrected chi connectivity index (χ2v) is 4.15. The molecule has 62 valence electrons. The number of rotatable bonds is 3. The highest BCUT2D eigenvalue weighted by Crippen LogP contribution is 2.39. The molecule has 2 saturated carbocycles. The average molecular weight is 152 g/mol. The van der Waals surface area contributed by atoms with Crippen LogP contribution < -0.4 is 0 Å². The molecule has 0 unspecified atom stereocenters. The van der Waals surface area contributed by atoms with E-state index in [-0.39, 0.29) is 0 Å². The minimum absolute atomic E-state index is 0.961. The van der Waals surface area contributed by atoms with Crippen LogP contribution in [0, 0.1) is 0 Å². The fraction of sp³-hybridized carbons (Fsp3) is 1.00. The summed E-state index contributed by atoms with van der Waals surface area (Å²) in [6.45, 7) is 2.68.